The molecule has 2 amide bonds. The zero-order valence-corrected chi connectivity index (χ0v) is 17.9. The SMILES string of the molecule is CCCN1C[C@@H](NC(=O)N(CC)CC)CC2c3cccc4[nH]c(CO)c(c34)C[C@H]21. The highest BCUT2D eigenvalue weighted by Gasteiger charge is 2.41. The van der Waals surface area contributed by atoms with Crippen molar-refractivity contribution in [1.29, 1.82) is 0 Å². The predicted octanol–water partition coefficient (Wildman–Crippen LogP) is 3.20. The van der Waals surface area contributed by atoms with E-state index in [0.29, 0.717) is 12.0 Å². The van der Waals surface area contributed by atoms with Crippen LogP contribution in [-0.4, -0.2) is 64.2 Å². The number of aliphatic hydroxyl groups is 1. The Morgan fingerprint density at radius 1 is 1.31 bits per heavy atom. The number of amides is 2. The van der Waals surface area contributed by atoms with E-state index >= 15 is 0 Å². The van der Waals surface area contributed by atoms with E-state index in [0.717, 1.165) is 56.7 Å². The van der Waals surface area contributed by atoms with Crippen molar-refractivity contribution in [3.63, 3.8) is 0 Å². The molecule has 3 N–H and O–H groups in total. The molecule has 2 heterocycles. The number of likely N-dealkylation sites (tertiary alicyclic amines) is 1. The molecule has 1 unspecified atom stereocenters. The van der Waals surface area contributed by atoms with E-state index < -0.39 is 0 Å². The van der Waals surface area contributed by atoms with E-state index in [2.05, 4.69) is 40.3 Å². The number of aromatic nitrogens is 1. The van der Waals surface area contributed by atoms with Crippen molar-refractivity contribution in [2.75, 3.05) is 26.2 Å². The minimum absolute atomic E-state index is 0.0498. The summed E-state index contributed by atoms with van der Waals surface area (Å²) in [7, 11) is 0. The van der Waals surface area contributed by atoms with Crippen molar-refractivity contribution in [3.05, 3.63) is 35.0 Å². The number of aliphatic hydroxyl groups excluding tert-OH is 1. The Hall–Kier alpha value is -2.05. The fourth-order valence-electron chi connectivity index (χ4n) is 5.52. The highest BCUT2D eigenvalue weighted by Crippen LogP contribution is 2.44. The summed E-state index contributed by atoms with van der Waals surface area (Å²) in [6, 6.07) is 7.10. The van der Waals surface area contributed by atoms with Crippen LogP contribution in [0.5, 0.6) is 0 Å². The van der Waals surface area contributed by atoms with E-state index in [-0.39, 0.29) is 18.7 Å². The molecule has 2 aromatic rings. The number of benzene rings is 1. The molecule has 4 rings (SSSR count). The molecule has 3 atom stereocenters. The van der Waals surface area contributed by atoms with Crippen LogP contribution in [0.2, 0.25) is 0 Å². The molecule has 1 aromatic heterocycles. The zero-order chi connectivity index (χ0) is 20.5. The van der Waals surface area contributed by atoms with Gasteiger partial charge < -0.3 is 20.3 Å². The largest absolute Gasteiger partial charge is 0.390 e. The van der Waals surface area contributed by atoms with Crippen LogP contribution in [-0.2, 0) is 13.0 Å². The van der Waals surface area contributed by atoms with Crippen molar-refractivity contribution in [1.82, 2.24) is 20.1 Å². The normalized spacial score (nSPS) is 23.8. The molecular formula is C23H34N4O2. The number of aromatic amines is 1. The Morgan fingerprint density at radius 3 is 2.79 bits per heavy atom. The molecule has 29 heavy (non-hydrogen) atoms. The van der Waals surface area contributed by atoms with Crippen LogP contribution in [0.25, 0.3) is 10.9 Å². The molecule has 6 heteroatoms. The molecule has 1 aliphatic heterocycles. The van der Waals surface area contributed by atoms with E-state index in [1.807, 2.05) is 18.7 Å². The monoisotopic (exact) mass is 398 g/mol. The van der Waals surface area contributed by atoms with Crippen LogP contribution < -0.4 is 5.32 Å². The van der Waals surface area contributed by atoms with E-state index in [9.17, 15) is 9.90 Å². The number of carbonyl (C=O) groups is 1. The summed E-state index contributed by atoms with van der Waals surface area (Å²) < 4.78 is 0. The number of hydrogen-bond donors (Lipinski definition) is 3. The van der Waals surface area contributed by atoms with Crippen LogP contribution in [0.1, 0.15) is 56.4 Å². The number of rotatable bonds is 6. The Kier molecular flexibility index (Phi) is 5.83. The van der Waals surface area contributed by atoms with E-state index in [1.165, 1.54) is 16.5 Å². The Labute approximate surface area is 173 Å². The number of nitrogens with one attached hydrogen (secondary N) is 2. The fourth-order valence-corrected chi connectivity index (χ4v) is 5.52. The first kappa shape index (κ1) is 20.2. The molecule has 2 aliphatic rings. The molecular weight excluding hydrogens is 364 g/mol. The third-order valence-corrected chi connectivity index (χ3v) is 6.84. The molecule has 0 saturated carbocycles. The summed E-state index contributed by atoms with van der Waals surface area (Å²) in [6.45, 7) is 9.71. The third kappa shape index (κ3) is 3.53. The molecule has 1 aliphatic carbocycles. The maximum absolute atomic E-state index is 12.7. The average Bonchev–Trinajstić information content (AvgIpc) is 3.09. The van der Waals surface area contributed by atoms with E-state index in [4.69, 9.17) is 0 Å². The Balaban J connectivity index is 1.67. The van der Waals surface area contributed by atoms with Gasteiger partial charge in [0.2, 0.25) is 0 Å². The summed E-state index contributed by atoms with van der Waals surface area (Å²) in [5.74, 6) is 0.399. The number of hydrogen-bond acceptors (Lipinski definition) is 3. The first-order valence-corrected chi connectivity index (χ1v) is 11.1. The summed E-state index contributed by atoms with van der Waals surface area (Å²) in [6.07, 6.45) is 3.03. The van der Waals surface area contributed by atoms with Crippen LogP contribution in [0.15, 0.2) is 18.2 Å². The quantitative estimate of drug-likeness (QED) is 0.700. The van der Waals surface area contributed by atoms with Gasteiger partial charge in [0.15, 0.2) is 0 Å². The number of carbonyl (C=O) groups excluding carboxylic acids is 1. The van der Waals surface area contributed by atoms with Crippen LogP contribution in [0.3, 0.4) is 0 Å². The van der Waals surface area contributed by atoms with Gasteiger partial charge in [-0.2, -0.15) is 0 Å². The smallest absolute Gasteiger partial charge is 0.317 e. The van der Waals surface area contributed by atoms with Gasteiger partial charge in [-0.1, -0.05) is 19.1 Å². The van der Waals surface area contributed by atoms with Gasteiger partial charge in [-0.05, 0) is 56.8 Å². The topological polar surface area (TPSA) is 71.6 Å². The van der Waals surface area contributed by atoms with Gasteiger partial charge in [-0.15, -0.1) is 0 Å². The molecule has 0 radical (unpaired) electrons. The fraction of sp³-hybridized carbons (Fsp3) is 0.609. The number of nitrogens with zero attached hydrogens (tertiary/aromatic N) is 2. The zero-order valence-electron chi connectivity index (χ0n) is 17.9. The van der Waals surface area contributed by atoms with Gasteiger partial charge in [-0.3, -0.25) is 4.90 Å². The average molecular weight is 399 g/mol. The van der Waals surface area contributed by atoms with Crippen molar-refractivity contribution >= 4 is 16.9 Å². The van der Waals surface area contributed by atoms with Crippen LogP contribution >= 0.6 is 0 Å². The van der Waals surface area contributed by atoms with E-state index in [1.54, 1.807) is 0 Å². The number of urea groups is 1. The predicted molar refractivity (Wildman–Crippen MR) is 116 cm³/mol. The van der Waals surface area contributed by atoms with Gasteiger partial charge in [-0.25, -0.2) is 4.79 Å². The first-order chi connectivity index (χ1) is 14.1. The lowest BCUT2D eigenvalue weighted by Crippen LogP contribution is -2.58. The van der Waals surface area contributed by atoms with Gasteiger partial charge in [0.05, 0.1) is 6.61 Å². The first-order valence-electron chi connectivity index (χ1n) is 11.1. The van der Waals surface area contributed by atoms with Gasteiger partial charge >= 0.3 is 6.03 Å². The van der Waals surface area contributed by atoms with Gasteiger partial charge in [0.25, 0.3) is 0 Å². The molecule has 158 valence electrons. The summed E-state index contributed by atoms with van der Waals surface area (Å²) in [5, 5.41) is 14.5. The second-order valence-electron chi connectivity index (χ2n) is 8.44. The molecule has 1 saturated heterocycles. The van der Waals surface area contributed by atoms with Crippen LogP contribution in [0, 0.1) is 0 Å². The summed E-state index contributed by atoms with van der Waals surface area (Å²) in [4.78, 5) is 20.5. The second kappa shape index (κ2) is 8.36. The van der Waals surface area contributed by atoms with Crippen molar-refractivity contribution < 1.29 is 9.90 Å². The van der Waals surface area contributed by atoms with Crippen molar-refractivity contribution in [3.8, 4) is 0 Å². The summed E-state index contributed by atoms with van der Waals surface area (Å²) in [5.41, 5.74) is 4.73. The van der Waals surface area contributed by atoms with Crippen molar-refractivity contribution in [2.45, 2.75) is 64.6 Å². The molecule has 0 bridgehead atoms. The molecule has 1 aromatic carbocycles. The minimum atomic E-state index is 0.0498. The standard InChI is InChI=1S/C23H34N4O2/c1-4-10-27-13-15(24-23(29)26(5-2)6-3)11-17-16-8-7-9-19-22(16)18(12-21(17)27)20(14-28)25-19/h7-9,15,17,21,25,28H,4-6,10-14H2,1-3H3,(H,24,29)/t15-,17?,21+/m0/s1. The Bertz CT molecular complexity index is 873. The minimum Gasteiger partial charge on any atom is -0.390 e. The number of H-pyrrole nitrogens is 1. The van der Waals surface area contributed by atoms with Crippen LogP contribution in [0.4, 0.5) is 4.79 Å². The summed E-state index contributed by atoms with van der Waals surface area (Å²) >= 11 is 0. The molecule has 6 nitrogen and oxygen atoms in total. The number of piperidine rings is 1. The highest BCUT2D eigenvalue weighted by atomic mass is 16.3. The molecule has 0 spiro atoms. The maximum Gasteiger partial charge on any atom is 0.317 e. The van der Waals surface area contributed by atoms with Gasteiger partial charge in [0, 0.05) is 54.2 Å². The lowest BCUT2D eigenvalue weighted by molar-refractivity contribution is 0.0975. The van der Waals surface area contributed by atoms with Gasteiger partial charge in [0.1, 0.15) is 0 Å². The molecule has 1 fully saturated rings. The lowest BCUT2D eigenvalue weighted by Gasteiger charge is -2.47. The highest BCUT2D eigenvalue weighted by molar-refractivity contribution is 5.89. The lowest BCUT2D eigenvalue weighted by atomic mass is 9.73. The van der Waals surface area contributed by atoms with Crippen molar-refractivity contribution in [2.24, 2.45) is 0 Å². The number of fused-ring (bicyclic) bond motifs is 2. The third-order valence-electron chi connectivity index (χ3n) is 6.84. The maximum atomic E-state index is 12.7. The Morgan fingerprint density at radius 2 is 2.10 bits per heavy atom. The second-order valence-corrected chi connectivity index (χ2v) is 8.44.